The average molecular weight is 403 g/mol. The van der Waals surface area contributed by atoms with E-state index in [9.17, 15) is 9.90 Å². The third kappa shape index (κ3) is 3.44. The SMILES string of the molecule is CC(C)CCC[C@@H](C)[C@@H]1CC[C@@H]2[C@@H]3CC[C@@]4(O)CC(=O)CC[C@]4(C)[C@@H]3CC[C@@]21C. The molecule has 4 rings (SSSR count). The van der Waals surface area contributed by atoms with Gasteiger partial charge in [0.05, 0.1) is 5.60 Å². The van der Waals surface area contributed by atoms with Crippen LogP contribution in [0.15, 0.2) is 0 Å². The molecule has 4 saturated carbocycles. The molecule has 0 bridgehead atoms. The lowest BCUT2D eigenvalue weighted by Gasteiger charge is -2.63. The average Bonchev–Trinajstić information content (AvgIpc) is 2.99. The van der Waals surface area contributed by atoms with Crippen LogP contribution in [-0.4, -0.2) is 16.5 Å². The Balaban J connectivity index is 1.50. The summed E-state index contributed by atoms with van der Waals surface area (Å²) in [5, 5.41) is 11.5. The smallest absolute Gasteiger partial charge is 0.135 e. The van der Waals surface area contributed by atoms with E-state index in [2.05, 4.69) is 34.6 Å². The quantitative estimate of drug-likeness (QED) is 0.549. The first-order valence-corrected chi connectivity index (χ1v) is 12.8. The molecule has 0 heterocycles. The highest BCUT2D eigenvalue weighted by Crippen LogP contribution is 2.69. The third-order valence-electron chi connectivity index (χ3n) is 10.8. The van der Waals surface area contributed by atoms with Crippen molar-refractivity contribution >= 4 is 5.78 Å². The highest BCUT2D eigenvalue weighted by Gasteiger charge is 2.64. The molecule has 29 heavy (non-hydrogen) atoms. The van der Waals surface area contributed by atoms with Gasteiger partial charge in [0, 0.05) is 18.3 Å². The summed E-state index contributed by atoms with van der Waals surface area (Å²) in [6.45, 7) is 12.2. The van der Waals surface area contributed by atoms with Gasteiger partial charge in [0.1, 0.15) is 5.78 Å². The van der Waals surface area contributed by atoms with E-state index in [1.807, 2.05) is 0 Å². The van der Waals surface area contributed by atoms with Crippen LogP contribution < -0.4 is 0 Å². The molecule has 0 saturated heterocycles. The summed E-state index contributed by atoms with van der Waals surface area (Å²) < 4.78 is 0. The lowest BCUT2D eigenvalue weighted by molar-refractivity contribution is -0.204. The number of Topliss-reactive ketones (excluding diaryl/α,β-unsaturated/α-hetero) is 1. The molecule has 2 nitrogen and oxygen atoms in total. The minimum atomic E-state index is -0.723. The molecular weight excluding hydrogens is 356 g/mol. The number of hydrogen-bond donors (Lipinski definition) is 1. The van der Waals surface area contributed by atoms with Crippen molar-refractivity contribution in [2.24, 2.45) is 46.3 Å². The fourth-order valence-corrected chi connectivity index (χ4v) is 9.06. The third-order valence-corrected chi connectivity index (χ3v) is 10.8. The Kier molecular flexibility index (Phi) is 5.76. The number of fused-ring (bicyclic) bond motifs is 5. The molecule has 0 aromatic rings. The molecule has 4 fully saturated rings. The lowest BCUT2D eigenvalue weighted by atomic mass is 9.43. The second kappa shape index (κ2) is 7.64. The van der Waals surface area contributed by atoms with Gasteiger partial charge >= 0.3 is 0 Å². The number of carbonyl (C=O) groups excluding carboxylic acids is 1. The summed E-state index contributed by atoms with van der Waals surface area (Å²) in [4.78, 5) is 12.1. The van der Waals surface area contributed by atoms with Crippen LogP contribution in [0.3, 0.4) is 0 Å². The van der Waals surface area contributed by atoms with Crippen LogP contribution in [0.25, 0.3) is 0 Å². The van der Waals surface area contributed by atoms with Crippen molar-refractivity contribution < 1.29 is 9.90 Å². The number of aliphatic hydroxyl groups is 1. The van der Waals surface area contributed by atoms with Gasteiger partial charge in [-0.15, -0.1) is 0 Å². The van der Waals surface area contributed by atoms with Gasteiger partial charge in [0.2, 0.25) is 0 Å². The van der Waals surface area contributed by atoms with Crippen LogP contribution >= 0.6 is 0 Å². The zero-order chi connectivity index (χ0) is 21.0. The van der Waals surface area contributed by atoms with Gasteiger partial charge in [-0.2, -0.15) is 0 Å². The topological polar surface area (TPSA) is 37.3 Å². The zero-order valence-corrected chi connectivity index (χ0v) is 19.8. The predicted octanol–water partition coefficient (Wildman–Crippen LogP) is 6.79. The molecule has 2 heteroatoms. The monoisotopic (exact) mass is 402 g/mol. The molecule has 166 valence electrons. The fraction of sp³-hybridized carbons (Fsp3) is 0.963. The maximum Gasteiger partial charge on any atom is 0.135 e. The minimum absolute atomic E-state index is 0.0356. The second-order valence-electron chi connectivity index (χ2n) is 12.6. The summed E-state index contributed by atoms with van der Waals surface area (Å²) in [6.07, 6.45) is 13.7. The van der Waals surface area contributed by atoms with Crippen LogP contribution in [0.2, 0.25) is 0 Å². The van der Waals surface area contributed by atoms with E-state index in [1.54, 1.807) is 0 Å². The number of carbonyl (C=O) groups is 1. The van der Waals surface area contributed by atoms with E-state index in [1.165, 1.54) is 44.9 Å². The normalized spacial score (nSPS) is 48.2. The molecule has 0 spiro atoms. The van der Waals surface area contributed by atoms with Crippen molar-refractivity contribution in [1.29, 1.82) is 0 Å². The van der Waals surface area contributed by atoms with Crippen molar-refractivity contribution in [2.45, 2.75) is 117 Å². The minimum Gasteiger partial charge on any atom is -0.389 e. The largest absolute Gasteiger partial charge is 0.389 e. The zero-order valence-electron chi connectivity index (χ0n) is 19.8. The number of rotatable bonds is 5. The van der Waals surface area contributed by atoms with Gasteiger partial charge in [-0.25, -0.2) is 0 Å². The molecule has 4 aliphatic rings. The van der Waals surface area contributed by atoms with Gasteiger partial charge in [-0.3, -0.25) is 4.79 Å². The predicted molar refractivity (Wildman–Crippen MR) is 120 cm³/mol. The summed E-state index contributed by atoms with van der Waals surface area (Å²) in [7, 11) is 0. The summed E-state index contributed by atoms with van der Waals surface area (Å²) in [6, 6.07) is 0. The molecular formula is C27H46O2. The molecule has 0 aromatic heterocycles. The van der Waals surface area contributed by atoms with Crippen molar-refractivity contribution in [1.82, 2.24) is 0 Å². The van der Waals surface area contributed by atoms with E-state index in [0.717, 1.165) is 48.9 Å². The molecule has 0 amide bonds. The molecule has 0 aliphatic heterocycles. The maximum absolute atomic E-state index is 12.1. The molecule has 8 atom stereocenters. The van der Waals surface area contributed by atoms with Crippen molar-refractivity contribution in [3.8, 4) is 0 Å². The van der Waals surface area contributed by atoms with Crippen LogP contribution in [-0.2, 0) is 4.79 Å². The van der Waals surface area contributed by atoms with Gasteiger partial charge in [-0.1, -0.05) is 53.9 Å². The Labute approximate surface area is 179 Å². The van der Waals surface area contributed by atoms with E-state index in [0.29, 0.717) is 30.0 Å². The molecule has 0 aromatic carbocycles. The summed E-state index contributed by atoms with van der Waals surface area (Å²) >= 11 is 0. The van der Waals surface area contributed by atoms with Crippen LogP contribution in [0.4, 0.5) is 0 Å². The second-order valence-corrected chi connectivity index (χ2v) is 12.6. The van der Waals surface area contributed by atoms with Crippen molar-refractivity contribution in [3.63, 3.8) is 0 Å². The van der Waals surface area contributed by atoms with E-state index >= 15 is 0 Å². The van der Waals surface area contributed by atoms with E-state index in [-0.39, 0.29) is 5.41 Å². The number of ketones is 1. The Morgan fingerprint density at radius 1 is 0.966 bits per heavy atom. The Morgan fingerprint density at radius 2 is 1.72 bits per heavy atom. The number of hydrogen-bond acceptors (Lipinski definition) is 2. The fourth-order valence-electron chi connectivity index (χ4n) is 9.06. The highest BCUT2D eigenvalue weighted by atomic mass is 16.3. The first-order valence-electron chi connectivity index (χ1n) is 12.8. The van der Waals surface area contributed by atoms with Crippen molar-refractivity contribution in [2.75, 3.05) is 0 Å². The first-order chi connectivity index (χ1) is 13.6. The van der Waals surface area contributed by atoms with Crippen LogP contribution in [0, 0.1) is 46.3 Å². The summed E-state index contributed by atoms with van der Waals surface area (Å²) in [5.74, 6) is 5.11. The molecule has 1 N–H and O–H groups in total. The maximum atomic E-state index is 12.1. The van der Waals surface area contributed by atoms with Gasteiger partial charge < -0.3 is 5.11 Å². The first kappa shape index (κ1) is 21.8. The highest BCUT2D eigenvalue weighted by molar-refractivity contribution is 5.80. The Hall–Kier alpha value is -0.370. The summed E-state index contributed by atoms with van der Waals surface area (Å²) in [5.41, 5.74) is -0.250. The molecule has 0 unspecified atom stereocenters. The van der Waals surface area contributed by atoms with E-state index < -0.39 is 5.60 Å². The van der Waals surface area contributed by atoms with Crippen LogP contribution in [0.5, 0.6) is 0 Å². The Bertz CT molecular complexity index is 626. The van der Waals surface area contributed by atoms with Gasteiger partial charge in [0.25, 0.3) is 0 Å². The van der Waals surface area contributed by atoms with E-state index in [4.69, 9.17) is 0 Å². The molecule has 0 radical (unpaired) electrons. The lowest BCUT2D eigenvalue weighted by Crippen LogP contribution is -2.62. The molecule has 4 aliphatic carbocycles. The van der Waals surface area contributed by atoms with Crippen molar-refractivity contribution in [3.05, 3.63) is 0 Å². The van der Waals surface area contributed by atoms with Gasteiger partial charge in [-0.05, 0) is 85.9 Å². The standard InChI is InChI=1S/C27H46O2/c1-18(2)7-6-8-19(3)22-9-10-23-21-12-16-27(29)17-20(28)11-15-26(27,5)24(21)13-14-25(22,23)4/h18-19,21-24,29H,6-17H2,1-5H3/t19-,21+,22+,23-,24-,25-,26-,27-/m1/s1. The van der Waals surface area contributed by atoms with Crippen LogP contribution in [0.1, 0.15) is 112 Å². The van der Waals surface area contributed by atoms with Gasteiger partial charge in [0.15, 0.2) is 0 Å². The Morgan fingerprint density at radius 3 is 2.45 bits per heavy atom.